The predicted molar refractivity (Wildman–Crippen MR) is 101 cm³/mol. The van der Waals surface area contributed by atoms with Crippen LogP contribution in [0.4, 0.5) is 11.5 Å². The molecule has 0 aliphatic rings. The van der Waals surface area contributed by atoms with Gasteiger partial charge < -0.3 is 15.4 Å². The van der Waals surface area contributed by atoms with Crippen LogP contribution in [0.2, 0.25) is 0 Å². The van der Waals surface area contributed by atoms with Crippen LogP contribution in [0, 0.1) is 0 Å². The smallest absolute Gasteiger partial charge is 0.271 e. The van der Waals surface area contributed by atoms with E-state index >= 15 is 0 Å². The molecule has 0 fully saturated rings. The van der Waals surface area contributed by atoms with Gasteiger partial charge in [-0.2, -0.15) is 0 Å². The summed E-state index contributed by atoms with van der Waals surface area (Å²) >= 11 is 0. The zero-order chi connectivity index (χ0) is 18.2. The van der Waals surface area contributed by atoms with Crippen LogP contribution in [0.1, 0.15) is 16.1 Å². The summed E-state index contributed by atoms with van der Waals surface area (Å²) in [6, 6.07) is 17.4. The standard InChI is InChI=1S/C20H20N4O2/c1-26-17-9-5-6-15(12-17)10-11-21-20(25)18-13-23-19(14-22-18)24-16-7-3-2-4-8-16/h2-9,12-14H,10-11H2,1H3,(H,21,25)(H,23,24). The molecule has 0 spiro atoms. The molecule has 3 aromatic rings. The highest BCUT2D eigenvalue weighted by molar-refractivity contribution is 5.92. The van der Waals surface area contributed by atoms with E-state index in [4.69, 9.17) is 4.74 Å². The lowest BCUT2D eigenvalue weighted by Gasteiger charge is -2.07. The zero-order valence-electron chi connectivity index (χ0n) is 14.5. The second-order valence-corrected chi connectivity index (χ2v) is 5.64. The van der Waals surface area contributed by atoms with Crippen molar-refractivity contribution in [3.05, 3.63) is 78.2 Å². The van der Waals surface area contributed by atoms with E-state index in [1.54, 1.807) is 13.3 Å². The molecule has 26 heavy (non-hydrogen) atoms. The van der Waals surface area contributed by atoms with Crippen LogP contribution in [-0.4, -0.2) is 29.5 Å². The first-order valence-electron chi connectivity index (χ1n) is 8.30. The maximum absolute atomic E-state index is 12.2. The zero-order valence-corrected chi connectivity index (χ0v) is 14.5. The van der Waals surface area contributed by atoms with E-state index in [-0.39, 0.29) is 11.6 Å². The first-order valence-corrected chi connectivity index (χ1v) is 8.30. The van der Waals surface area contributed by atoms with E-state index in [1.165, 1.54) is 6.20 Å². The molecule has 132 valence electrons. The quantitative estimate of drug-likeness (QED) is 0.686. The summed E-state index contributed by atoms with van der Waals surface area (Å²) < 4.78 is 5.19. The normalized spacial score (nSPS) is 10.2. The summed E-state index contributed by atoms with van der Waals surface area (Å²) in [6.07, 6.45) is 3.72. The number of nitrogens with one attached hydrogen (secondary N) is 2. The molecule has 1 amide bonds. The van der Waals surface area contributed by atoms with Crippen LogP contribution in [-0.2, 0) is 6.42 Å². The Kier molecular flexibility index (Phi) is 5.77. The van der Waals surface area contributed by atoms with Crippen molar-refractivity contribution in [1.29, 1.82) is 0 Å². The Labute approximate surface area is 152 Å². The number of hydrogen-bond acceptors (Lipinski definition) is 5. The molecule has 2 aromatic carbocycles. The summed E-state index contributed by atoms with van der Waals surface area (Å²) in [5, 5.41) is 5.98. The van der Waals surface area contributed by atoms with Gasteiger partial charge in [0.25, 0.3) is 5.91 Å². The lowest BCUT2D eigenvalue weighted by atomic mass is 10.1. The number of hydrogen-bond donors (Lipinski definition) is 2. The van der Waals surface area contributed by atoms with Gasteiger partial charge in [0.15, 0.2) is 0 Å². The number of nitrogens with zero attached hydrogens (tertiary/aromatic N) is 2. The Morgan fingerprint density at radius 2 is 1.88 bits per heavy atom. The topological polar surface area (TPSA) is 76.1 Å². The number of para-hydroxylation sites is 1. The van der Waals surface area contributed by atoms with Gasteiger partial charge in [-0.05, 0) is 36.2 Å². The van der Waals surface area contributed by atoms with Gasteiger partial charge >= 0.3 is 0 Å². The molecule has 0 atom stereocenters. The SMILES string of the molecule is COc1cccc(CCNC(=O)c2cnc(Nc3ccccc3)cn2)c1. The summed E-state index contributed by atoms with van der Waals surface area (Å²) in [7, 11) is 1.63. The Hall–Kier alpha value is -3.41. The maximum Gasteiger partial charge on any atom is 0.271 e. The van der Waals surface area contributed by atoms with Gasteiger partial charge in [-0.3, -0.25) is 4.79 Å². The molecule has 6 heteroatoms. The fourth-order valence-corrected chi connectivity index (χ4v) is 2.42. The van der Waals surface area contributed by atoms with Gasteiger partial charge in [0.1, 0.15) is 17.3 Å². The molecule has 0 radical (unpaired) electrons. The molecule has 0 aliphatic heterocycles. The second kappa shape index (κ2) is 8.62. The lowest BCUT2D eigenvalue weighted by Crippen LogP contribution is -2.26. The Balaban J connectivity index is 1.51. The monoisotopic (exact) mass is 348 g/mol. The van der Waals surface area contributed by atoms with Crippen LogP contribution in [0.3, 0.4) is 0 Å². The van der Waals surface area contributed by atoms with Crippen molar-refractivity contribution < 1.29 is 9.53 Å². The highest BCUT2D eigenvalue weighted by atomic mass is 16.5. The van der Waals surface area contributed by atoms with Crippen molar-refractivity contribution in [3.8, 4) is 5.75 Å². The molecular weight excluding hydrogens is 328 g/mol. The third kappa shape index (κ3) is 4.80. The number of rotatable bonds is 7. The van der Waals surface area contributed by atoms with Crippen LogP contribution in [0.5, 0.6) is 5.75 Å². The van der Waals surface area contributed by atoms with Crippen LogP contribution >= 0.6 is 0 Å². The fraction of sp³-hybridized carbons (Fsp3) is 0.150. The third-order valence-electron chi connectivity index (χ3n) is 3.76. The van der Waals surface area contributed by atoms with Gasteiger partial charge in [-0.25, -0.2) is 9.97 Å². The number of ether oxygens (including phenoxy) is 1. The Morgan fingerprint density at radius 1 is 1.04 bits per heavy atom. The summed E-state index contributed by atoms with van der Waals surface area (Å²) in [6.45, 7) is 0.512. The van der Waals surface area contributed by atoms with Gasteiger partial charge in [0.2, 0.25) is 0 Å². The van der Waals surface area contributed by atoms with Crippen molar-refractivity contribution in [2.45, 2.75) is 6.42 Å². The third-order valence-corrected chi connectivity index (χ3v) is 3.76. The number of carbonyl (C=O) groups is 1. The summed E-state index contributed by atoms with van der Waals surface area (Å²) in [5.74, 6) is 1.15. The van der Waals surface area contributed by atoms with E-state index in [9.17, 15) is 4.79 Å². The molecular formula is C20H20N4O2. The first kappa shape index (κ1) is 17.4. The van der Waals surface area contributed by atoms with Gasteiger partial charge in [0.05, 0.1) is 19.5 Å². The molecule has 6 nitrogen and oxygen atoms in total. The van der Waals surface area contributed by atoms with Crippen LogP contribution < -0.4 is 15.4 Å². The van der Waals surface area contributed by atoms with Crippen LogP contribution in [0.25, 0.3) is 0 Å². The molecule has 0 bridgehead atoms. The first-order chi connectivity index (χ1) is 12.7. The van der Waals surface area contributed by atoms with Crippen molar-refractivity contribution >= 4 is 17.4 Å². The number of aromatic nitrogens is 2. The number of benzene rings is 2. The summed E-state index contributed by atoms with van der Waals surface area (Å²) in [4.78, 5) is 20.6. The average molecular weight is 348 g/mol. The van der Waals surface area contributed by atoms with Crippen molar-refractivity contribution in [2.75, 3.05) is 19.0 Å². The van der Waals surface area contributed by atoms with E-state index in [0.29, 0.717) is 18.8 Å². The van der Waals surface area contributed by atoms with E-state index < -0.39 is 0 Å². The molecule has 3 rings (SSSR count). The number of amides is 1. The highest BCUT2D eigenvalue weighted by Gasteiger charge is 2.08. The molecule has 1 aromatic heterocycles. The van der Waals surface area contributed by atoms with E-state index in [2.05, 4.69) is 20.6 Å². The lowest BCUT2D eigenvalue weighted by molar-refractivity contribution is 0.0949. The van der Waals surface area contributed by atoms with Crippen molar-refractivity contribution in [1.82, 2.24) is 15.3 Å². The molecule has 0 saturated heterocycles. The summed E-state index contributed by atoms with van der Waals surface area (Å²) in [5.41, 5.74) is 2.30. The predicted octanol–water partition coefficient (Wildman–Crippen LogP) is 3.20. The Morgan fingerprint density at radius 3 is 2.62 bits per heavy atom. The van der Waals surface area contributed by atoms with Crippen molar-refractivity contribution in [2.24, 2.45) is 0 Å². The number of methoxy groups -OCH3 is 1. The van der Waals surface area contributed by atoms with E-state index in [0.717, 1.165) is 17.0 Å². The molecule has 0 saturated carbocycles. The highest BCUT2D eigenvalue weighted by Crippen LogP contribution is 2.13. The molecule has 2 N–H and O–H groups in total. The van der Waals surface area contributed by atoms with Gasteiger partial charge in [-0.15, -0.1) is 0 Å². The molecule has 0 aliphatic carbocycles. The average Bonchev–Trinajstić information content (AvgIpc) is 2.69. The number of carbonyl (C=O) groups excluding carboxylic acids is 1. The minimum absolute atomic E-state index is 0.244. The molecule has 0 unspecified atom stereocenters. The second-order valence-electron chi connectivity index (χ2n) is 5.64. The largest absolute Gasteiger partial charge is 0.497 e. The molecule has 1 heterocycles. The Bertz CT molecular complexity index is 851. The van der Waals surface area contributed by atoms with Gasteiger partial charge in [0, 0.05) is 12.2 Å². The minimum Gasteiger partial charge on any atom is -0.497 e. The van der Waals surface area contributed by atoms with Crippen molar-refractivity contribution in [3.63, 3.8) is 0 Å². The van der Waals surface area contributed by atoms with Gasteiger partial charge in [-0.1, -0.05) is 30.3 Å². The minimum atomic E-state index is -0.244. The van der Waals surface area contributed by atoms with Crippen LogP contribution in [0.15, 0.2) is 67.0 Å². The maximum atomic E-state index is 12.2. The van der Waals surface area contributed by atoms with E-state index in [1.807, 2.05) is 54.6 Å². The number of anilines is 2. The fourth-order valence-electron chi connectivity index (χ4n) is 2.42.